The lowest BCUT2D eigenvalue weighted by Crippen LogP contribution is -2.28. The Morgan fingerprint density at radius 2 is 2.43 bits per heavy atom. The molecule has 1 aliphatic heterocycles. The zero-order chi connectivity index (χ0) is 9.97. The number of benzene rings is 1. The molecule has 0 bridgehead atoms. The molecule has 0 saturated heterocycles. The summed E-state index contributed by atoms with van der Waals surface area (Å²) in [4.78, 5) is 0. The smallest absolute Gasteiger partial charge is 0.124 e. The number of aliphatic hydroxyl groups excluding tert-OH is 1. The minimum atomic E-state index is 0.189. The highest BCUT2D eigenvalue weighted by atomic mass is 16.5. The van der Waals surface area contributed by atoms with Crippen LogP contribution in [0.2, 0.25) is 0 Å². The van der Waals surface area contributed by atoms with E-state index in [1.807, 2.05) is 18.2 Å². The fourth-order valence-corrected chi connectivity index (χ4v) is 1.90. The molecule has 1 heterocycles. The van der Waals surface area contributed by atoms with Gasteiger partial charge in [-0.05, 0) is 25.0 Å². The first-order valence-corrected chi connectivity index (χ1v) is 4.88. The standard InChI is InChI=1S/C11H15NO2/c1-14-11-4-2-3-10-9(11)6-5-8(7-13)12-10/h2-4,8,12-13H,5-7H2,1H3. The maximum absolute atomic E-state index is 9.05. The van der Waals surface area contributed by atoms with Crippen LogP contribution >= 0.6 is 0 Å². The predicted molar refractivity (Wildman–Crippen MR) is 55.8 cm³/mol. The van der Waals surface area contributed by atoms with E-state index in [1.165, 1.54) is 5.56 Å². The summed E-state index contributed by atoms with van der Waals surface area (Å²) >= 11 is 0. The number of anilines is 1. The van der Waals surface area contributed by atoms with Gasteiger partial charge in [-0.1, -0.05) is 6.07 Å². The molecule has 0 amide bonds. The first-order chi connectivity index (χ1) is 6.85. The van der Waals surface area contributed by atoms with E-state index in [0.29, 0.717) is 0 Å². The third kappa shape index (κ3) is 1.55. The number of hydrogen-bond acceptors (Lipinski definition) is 3. The second kappa shape index (κ2) is 3.88. The van der Waals surface area contributed by atoms with Gasteiger partial charge in [0.05, 0.1) is 13.7 Å². The predicted octanol–water partition coefficient (Wildman–Crippen LogP) is 1.41. The number of fused-ring (bicyclic) bond motifs is 1. The van der Waals surface area contributed by atoms with Gasteiger partial charge in [0.25, 0.3) is 0 Å². The van der Waals surface area contributed by atoms with Crippen molar-refractivity contribution < 1.29 is 9.84 Å². The number of aliphatic hydroxyl groups is 1. The van der Waals surface area contributed by atoms with Crippen LogP contribution in [0.4, 0.5) is 5.69 Å². The molecule has 1 aromatic rings. The van der Waals surface area contributed by atoms with Crippen molar-refractivity contribution in [1.82, 2.24) is 0 Å². The van der Waals surface area contributed by atoms with Crippen LogP contribution in [0.15, 0.2) is 18.2 Å². The summed E-state index contributed by atoms with van der Waals surface area (Å²) in [6.07, 6.45) is 1.93. The summed E-state index contributed by atoms with van der Waals surface area (Å²) < 4.78 is 5.28. The van der Waals surface area contributed by atoms with Crippen molar-refractivity contribution in [2.24, 2.45) is 0 Å². The van der Waals surface area contributed by atoms with Crippen LogP contribution < -0.4 is 10.1 Å². The van der Waals surface area contributed by atoms with Gasteiger partial charge in [0, 0.05) is 17.3 Å². The van der Waals surface area contributed by atoms with Crippen molar-refractivity contribution >= 4 is 5.69 Å². The van der Waals surface area contributed by atoms with E-state index in [-0.39, 0.29) is 12.6 Å². The van der Waals surface area contributed by atoms with Crippen LogP contribution in [0.3, 0.4) is 0 Å². The van der Waals surface area contributed by atoms with Crippen molar-refractivity contribution in [3.8, 4) is 5.75 Å². The number of nitrogens with one attached hydrogen (secondary N) is 1. The molecule has 76 valence electrons. The van der Waals surface area contributed by atoms with Gasteiger partial charge in [-0.2, -0.15) is 0 Å². The summed E-state index contributed by atoms with van der Waals surface area (Å²) in [6.45, 7) is 0.191. The highest BCUT2D eigenvalue weighted by Gasteiger charge is 2.19. The SMILES string of the molecule is COc1cccc2c1CCC(CO)N2. The van der Waals surface area contributed by atoms with Crippen molar-refractivity contribution in [1.29, 1.82) is 0 Å². The molecule has 1 aromatic carbocycles. The molecule has 1 atom stereocenters. The quantitative estimate of drug-likeness (QED) is 0.746. The van der Waals surface area contributed by atoms with Crippen molar-refractivity contribution in [3.05, 3.63) is 23.8 Å². The third-order valence-corrected chi connectivity index (χ3v) is 2.68. The van der Waals surface area contributed by atoms with Gasteiger partial charge < -0.3 is 15.2 Å². The van der Waals surface area contributed by atoms with E-state index in [9.17, 15) is 0 Å². The Balaban J connectivity index is 2.30. The van der Waals surface area contributed by atoms with E-state index in [0.717, 1.165) is 24.3 Å². The number of methoxy groups -OCH3 is 1. The van der Waals surface area contributed by atoms with E-state index in [1.54, 1.807) is 7.11 Å². The molecule has 0 aromatic heterocycles. The fourth-order valence-electron chi connectivity index (χ4n) is 1.90. The van der Waals surface area contributed by atoms with Crippen molar-refractivity contribution in [2.75, 3.05) is 19.0 Å². The van der Waals surface area contributed by atoms with Gasteiger partial charge in [-0.25, -0.2) is 0 Å². The first-order valence-electron chi connectivity index (χ1n) is 4.88. The fraction of sp³-hybridized carbons (Fsp3) is 0.455. The molecule has 0 fully saturated rings. The van der Waals surface area contributed by atoms with Crippen LogP contribution in [0.1, 0.15) is 12.0 Å². The molecule has 0 spiro atoms. The van der Waals surface area contributed by atoms with Crippen molar-refractivity contribution in [3.63, 3.8) is 0 Å². The Morgan fingerprint density at radius 3 is 3.14 bits per heavy atom. The summed E-state index contributed by atoms with van der Waals surface area (Å²) in [5, 5.41) is 12.3. The zero-order valence-electron chi connectivity index (χ0n) is 8.29. The largest absolute Gasteiger partial charge is 0.496 e. The summed E-state index contributed by atoms with van der Waals surface area (Å²) in [6, 6.07) is 6.15. The molecule has 0 aliphatic carbocycles. The molecular formula is C11H15NO2. The maximum atomic E-state index is 9.05. The zero-order valence-corrected chi connectivity index (χ0v) is 8.29. The van der Waals surface area contributed by atoms with E-state index in [2.05, 4.69) is 5.32 Å². The Hall–Kier alpha value is -1.22. The van der Waals surface area contributed by atoms with Gasteiger partial charge in [-0.3, -0.25) is 0 Å². The van der Waals surface area contributed by atoms with Gasteiger partial charge in [0.2, 0.25) is 0 Å². The molecule has 14 heavy (non-hydrogen) atoms. The molecule has 3 nitrogen and oxygen atoms in total. The average molecular weight is 193 g/mol. The molecule has 2 rings (SSSR count). The topological polar surface area (TPSA) is 41.5 Å². The first kappa shape index (κ1) is 9.34. The van der Waals surface area contributed by atoms with Gasteiger partial charge in [-0.15, -0.1) is 0 Å². The monoisotopic (exact) mass is 193 g/mol. The minimum Gasteiger partial charge on any atom is -0.496 e. The van der Waals surface area contributed by atoms with Gasteiger partial charge >= 0.3 is 0 Å². The molecule has 0 saturated carbocycles. The van der Waals surface area contributed by atoms with Crippen LogP contribution in [0, 0.1) is 0 Å². The molecule has 0 radical (unpaired) electrons. The Labute approximate surface area is 83.7 Å². The van der Waals surface area contributed by atoms with Gasteiger partial charge in [0.15, 0.2) is 0 Å². The molecule has 2 N–H and O–H groups in total. The summed E-state index contributed by atoms with van der Waals surface area (Å²) in [5.41, 5.74) is 2.31. The summed E-state index contributed by atoms with van der Waals surface area (Å²) in [5.74, 6) is 0.936. The molecular weight excluding hydrogens is 178 g/mol. The highest BCUT2D eigenvalue weighted by molar-refractivity contribution is 5.59. The Kier molecular flexibility index (Phi) is 2.59. The van der Waals surface area contributed by atoms with E-state index >= 15 is 0 Å². The lowest BCUT2D eigenvalue weighted by molar-refractivity contribution is 0.266. The summed E-state index contributed by atoms with van der Waals surface area (Å²) in [7, 11) is 1.69. The van der Waals surface area contributed by atoms with Crippen LogP contribution in [0.5, 0.6) is 5.75 Å². The number of ether oxygens (including phenoxy) is 1. The average Bonchev–Trinajstić information content (AvgIpc) is 2.27. The Morgan fingerprint density at radius 1 is 1.57 bits per heavy atom. The maximum Gasteiger partial charge on any atom is 0.124 e. The third-order valence-electron chi connectivity index (χ3n) is 2.68. The Bertz CT molecular complexity index is 325. The van der Waals surface area contributed by atoms with Crippen LogP contribution in [0.25, 0.3) is 0 Å². The highest BCUT2D eigenvalue weighted by Crippen LogP contribution is 2.31. The second-order valence-corrected chi connectivity index (χ2v) is 3.55. The van der Waals surface area contributed by atoms with E-state index in [4.69, 9.17) is 9.84 Å². The second-order valence-electron chi connectivity index (χ2n) is 3.55. The minimum absolute atomic E-state index is 0.189. The van der Waals surface area contributed by atoms with Crippen LogP contribution in [-0.4, -0.2) is 24.9 Å². The number of rotatable bonds is 2. The molecule has 1 unspecified atom stereocenters. The van der Waals surface area contributed by atoms with Gasteiger partial charge in [0.1, 0.15) is 5.75 Å². The lowest BCUT2D eigenvalue weighted by Gasteiger charge is -2.26. The normalized spacial score (nSPS) is 19.7. The lowest BCUT2D eigenvalue weighted by atomic mass is 9.98. The molecule has 3 heteroatoms. The van der Waals surface area contributed by atoms with Crippen molar-refractivity contribution in [2.45, 2.75) is 18.9 Å². The number of hydrogen-bond donors (Lipinski definition) is 2. The molecule has 1 aliphatic rings. The van der Waals surface area contributed by atoms with E-state index < -0.39 is 0 Å². The van der Waals surface area contributed by atoms with Crippen LogP contribution in [-0.2, 0) is 6.42 Å².